The van der Waals surface area contributed by atoms with Crippen LogP contribution in [0.25, 0.3) is 0 Å². The fourth-order valence-corrected chi connectivity index (χ4v) is 7.59. The van der Waals surface area contributed by atoms with E-state index in [0.29, 0.717) is 37.8 Å². The van der Waals surface area contributed by atoms with Gasteiger partial charge in [0, 0.05) is 44.0 Å². The topological polar surface area (TPSA) is 72.2 Å². The van der Waals surface area contributed by atoms with Crippen molar-refractivity contribution in [1.82, 2.24) is 25.2 Å². The molecule has 292 valence electrons. The average molecular weight is 770 g/mol. The molecule has 2 aliphatic rings. The van der Waals surface area contributed by atoms with Crippen molar-refractivity contribution in [3.05, 3.63) is 94.2 Å². The number of anilines is 2. The summed E-state index contributed by atoms with van der Waals surface area (Å²) in [6, 6.07) is 12.0. The minimum Gasteiger partial charge on any atom is -0.377 e. The summed E-state index contributed by atoms with van der Waals surface area (Å²) in [5, 5.41) is 11.7. The number of hydrogen-bond donors (Lipinski definition) is 0. The Labute approximate surface area is 306 Å². The Balaban J connectivity index is 1.23. The van der Waals surface area contributed by atoms with Gasteiger partial charge in [-0.25, -0.2) is 4.98 Å². The van der Waals surface area contributed by atoms with E-state index in [1.165, 1.54) is 11.9 Å². The van der Waals surface area contributed by atoms with Crippen LogP contribution in [0.3, 0.4) is 0 Å². The fourth-order valence-electron chi connectivity index (χ4n) is 7.59. The lowest BCUT2D eigenvalue weighted by molar-refractivity contribution is -0.143. The number of halogens is 9. The van der Waals surface area contributed by atoms with Gasteiger partial charge in [-0.3, -0.25) is 0 Å². The first kappa shape index (κ1) is 39.3. The zero-order valence-electron chi connectivity index (χ0n) is 29.4. The normalized spacial score (nSPS) is 19.7. The Kier molecular flexibility index (Phi) is 11.7. The van der Waals surface area contributed by atoms with Crippen molar-refractivity contribution in [1.29, 1.82) is 0 Å². The first-order valence-electron chi connectivity index (χ1n) is 17.8. The zero-order chi connectivity index (χ0) is 38.7. The molecule has 1 atom stereocenters. The molecule has 2 aromatic heterocycles. The van der Waals surface area contributed by atoms with Crippen molar-refractivity contribution in [3.63, 3.8) is 0 Å². The van der Waals surface area contributed by atoms with Crippen molar-refractivity contribution in [2.24, 2.45) is 18.9 Å². The maximum Gasteiger partial charge on any atom is 0.417 e. The summed E-state index contributed by atoms with van der Waals surface area (Å²) < 4.78 is 130. The summed E-state index contributed by atoms with van der Waals surface area (Å²) in [6.45, 7) is 0.711. The van der Waals surface area contributed by atoms with E-state index in [0.717, 1.165) is 67.6 Å². The van der Waals surface area contributed by atoms with Crippen LogP contribution in [0.1, 0.15) is 78.3 Å². The Morgan fingerprint density at radius 2 is 1.44 bits per heavy atom. The number of alkyl halides is 9. The summed E-state index contributed by atoms with van der Waals surface area (Å²) in [5.74, 6) is 0.828. The molecule has 2 fully saturated rings. The van der Waals surface area contributed by atoms with Crippen molar-refractivity contribution < 1.29 is 44.3 Å². The van der Waals surface area contributed by atoms with Gasteiger partial charge in [-0.15, -0.1) is 5.10 Å². The molecule has 1 aliphatic carbocycles. The highest BCUT2D eigenvalue weighted by atomic mass is 19.4. The Bertz CT molecular complexity index is 1810. The molecule has 1 saturated carbocycles. The molecule has 1 aliphatic heterocycles. The highest BCUT2D eigenvalue weighted by molar-refractivity contribution is 5.53. The summed E-state index contributed by atoms with van der Waals surface area (Å²) in [6.07, 6.45) is -7.87. The molecule has 8 nitrogen and oxygen atoms in total. The third-order valence-electron chi connectivity index (χ3n) is 10.2. The molecule has 0 bridgehead atoms. The number of tetrazole rings is 1. The van der Waals surface area contributed by atoms with Crippen LogP contribution in [-0.2, 0) is 50.0 Å². The van der Waals surface area contributed by atoms with Crippen LogP contribution in [0.5, 0.6) is 0 Å². The second kappa shape index (κ2) is 16.1. The van der Waals surface area contributed by atoms with Gasteiger partial charge in [0.25, 0.3) is 5.95 Å². The van der Waals surface area contributed by atoms with Gasteiger partial charge in [0.1, 0.15) is 5.82 Å². The van der Waals surface area contributed by atoms with Crippen LogP contribution in [0, 0.1) is 11.8 Å². The van der Waals surface area contributed by atoms with E-state index in [4.69, 9.17) is 4.74 Å². The summed E-state index contributed by atoms with van der Waals surface area (Å²) >= 11 is 0. The van der Waals surface area contributed by atoms with Gasteiger partial charge < -0.3 is 14.5 Å². The lowest BCUT2D eigenvalue weighted by Crippen LogP contribution is -2.39. The van der Waals surface area contributed by atoms with Crippen molar-refractivity contribution in [2.45, 2.75) is 89.2 Å². The molecule has 0 spiro atoms. The number of nitrogens with zero attached hydrogens (tertiary/aromatic N) is 7. The average Bonchev–Trinajstić information content (AvgIpc) is 3.79. The molecule has 6 rings (SSSR count). The minimum atomic E-state index is -5.09. The van der Waals surface area contributed by atoms with Gasteiger partial charge in [-0.1, -0.05) is 48.3 Å². The van der Waals surface area contributed by atoms with Crippen LogP contribution in [0.2, 0.25) is 0 Å². The second-order valence-electron chi connectivity index (χ2n) is 14.1. The first-order valence-corrected chi connectivity index (χ1v) is 17.8. The van der Waals surface area contributed by atoms with E-state index in [1.807, 2.05) is 35.2 Å². The monoisotopic (exact) mass is 769 g/mol. The molecule has 1 saturated heterocycles. The van der Waals surface area contributed by atoms with E-state index >= 15 is 0 Å². The van der Waals surface area contributed by atoms with Gasteiger partial charge in [-0.2, -0.15) is 44.3 Å². The summed E-state index contributed by atoms with van der Waals surface area (Å²) in [4.78, 5) is 8.57. The lowest BCUT2D eigenvalue weighted by Gasteiger charge is -2.38. The molecule has 0 N–H and O–H groups in total. The summed E-state index contributed by atoms with van der Waals surface area (Å²) in [7, 11) is 1.40. The number of rotatable bonds is 12. The first-order chi connectivity index (χ1) is 25.5. The zero-order valence-corrected chi connectivity index (χ0v) is 29.4. The maximum atomic E-state index is 14.1. The van der Waals surface area contributed by atoms with Crippen LogP contribution in [0.15, 0.2) is 60.8 Å². The molecule has 4 aromatic rings. The van der Waals surface area contributed by atoms with Crippen LogP contribution in [0.4, 0.5) is 51.3 Å². The van der Waals surface area contributed by atoms with Crippen LogP contribution >= 0.6 is 0 Å². The third-order valence-corrected chi connectivity index (χ3v) is 10.2. The number of pyridine rings is 1. The summed E-state index contributed by atoms with van der Waals surface area (Å²) in [5.41, 5.74) is -3.28. The third kappa shape index (κ3) is 9.82. The standard InChI is InChI=1S/C37H40F9N7O/c1-51-49-34(48-50-51)52(21-26-16-29(35(38,39)40)19-30(17-26)36(41,42)43)22-28-18-31(37(44,45)46)20-47-33(28)53-14-5-8-32(53)27-11-9-24(10-12-27)13-15-54-23-25-6-3-2-4-7-25/h2-4,6-7,16-20,24,27,32H,5,8-15,21-23H2,1H3/t24-,27-,32-/m1/s1. The number of ether oxygens (including phenoxy) is 1. The quantitative estimate of drug-likeness (QED) is 0.105. The largest absolute Gasteiger partial charge is 0.417 e. The van der Waals surface area contributed by atoms with E-state index in [-0.39, 0.29) is 35.4 Å². The molecule has 54 heavy (non-hydrogen) atoms. The number of benzene rings is 2. The molecule has 0 amide bonds. The van der Waals surface area contributed by atoms with E-state index in [9.17, 15) is 39.5 Å². The van der Waals surface area contributed by atoms with Gasteiger partial charge in [0.05, 0.1) is 30.3 Å². The Morgan fingerprint density at radius 3 is 2.06 bits per heavy atom. The maximum absolute atomic E-state index is 14.1. The van der Waals surface area contributed by atoms with Crippen molar-refractivity contribution in [3.8, 4) is 0 Å². The molecule has 0 unspecified atom stereocenters. The van der Waals surface area contributed by atoms with Gasteiger partial charge in [-0.05, 0) is 84.5 Å². The van der Waals surface area contributed by atoms with Crippen LogP contribution in [-0.4, -0.2) is 44.4 Å². The van der Waals surface area contributed by atoms with Gasteiger partial charge >= 0.3 is 18.5 Å². The molecular weight excluding hydrogens is 729 g/mol. The lowest BCUT2D eigenvalue weighted by atomic mass is 9.77. The van der Waals surface area contributed by atoms with Gasteiger partial charge in [0.2, 0.25) is 0 Å². The number of aromatic nitrogens is 5. The predicted molar refractivity (Wildman–Crippen MR) is 181 cm³/mol. The van der Waals surface area contributed by atoms with E-state index < -0.39 is 53.9 Å². The Morgan fingerprint density at radius 1 is 0.778 bits per heavy atom. The van der Waals surface area contributed by atoms with Gasteiger partial charge in [0.15, 0.2) is 0 Å². The van der Waals surface area contributed by atoms with E-state index in [1.54, 1.807) is 0 Å². The van der Waals surface area contributed by atoms with Crippen molar-refractivity contribution in [2.75, 3.05) is 23.0 Å². The number of hydrogen-bond acceptors (Lipinski definition) is 7. The fraction of sp³-hybridized carbons (Fsp3) is 0.514. The highest BCUT2D eigenvalue weighted by Crippen LogP contribution is 2.42. The molecule has 17 heteroatoms. The highest BCUT2D eigenvalue weighted by Gasteiger charge is 2.39. The SMILES string of the molecule is Cn1nnc(N(Cc2cc(C(F)(F)F)cc(C(F)(F)F)c2)Cc2cc(C(F)(F)F)cnc2N2CCC[C@@H]2[C@H]2CC[C@H](CCOCc3ccccc3)CC2)n1. The second-order valence-corrected chi connectivity index (χ2v) is 14.1. The van der Waals surface area contributed by atoms with Crippen molar-refractivity contribution >= 4 is 11.8 Å². The smallest absolute Gasteiger partial charge is 0.377 e. The number of aryl methyl sites for hydroxylation is 1. The molecular formula is C37H40F9N7O. The molecule has 3 heterocycles. The Hall–Kier alpha value is -4.41. The minimum absolute atomic E-state index is 0.0100. The van der Waals surface area contributed by atoms with Crippen LogP contribution < -0.4 is 9.80 Å². The predicted octanol–water partition coefficient (Wildman–Crippen LogP) is 9.25. The molecule has 2 aromatic carbocycles. The molecule has 0 radical (unpaired) electrons. The van der Waals surface area contributed by atoms with E-state index in [2.05, 4.69) is 20.4 Å².